The molecule has 0 aliphatic heterocycles. The minimum absolute atomic E-state index is 0.0737. The van der Waals surface area contributed by atoms with Crippen molar-refractivity contribution in [3.8, 4) is 0 Å². The van der Waals surface area contributed by atoms with Gasteiger partial charge in [0.15, 0.2) is 0 Å². The van der Waals surface area contributed by atoms with Gasteiger partial charge >= 0.3 is 5.97 Å². The summed E-state index contributed by atoms with van der Waals surface area (Å²) in [5.41, 5.74) is 0. The molecule has 0 spiro atoms. The molecule has 0 heterocycles. The van der Waals surface area contributed by atoms with E-state index in [2.05, 4.69) is 38.2 Å². The molecule has 0 aromatic heterocycles. The molecule has 362 valence electrons. The van der Waals surface area contributed by atoms with Crippen molar-refractivity contribution in [3.63, 3.8) is 0 Å². The van der Waals surface area contributed by atoms with E-state index in [0.717, 1.165) is 64.2 Å². The molecule has 3 unspecified atom stereocenters. The lowest BCUT2D eigenvalue weighted by Crippen LogP contribution is -2.46. The molecule has 61 heavy (non-hydrogen) atoms. The van der Waals surface area contributed by atoms with E-state index in [1.807, 2.05) is 0 Å². The third-order valence-corrected chi connectivity index (χ3v) is 12.8. The smallest absolute Gasteiger partial charge is 0.306 e. The van der Waals surface area contributed by atoms with Gasteiger partial charge in [-0.3, -0.25) is 9.59 Å². The van der Waals surface area contributed by atoms with E-state index in [9.17, 15) is 19.8 Å². The first-order valence-electron chi connectivity index (χ1n) is 27.4. The van der Waals surface area contributed by atoms with Crippen LogP contribution in [0.5, 0.6) is 0 Å². The van der Waals surface area contributed by atoms with E-state index >= 15 is 0 Å². The Balaban J connectivity index is 4.41. The highest BCUT2D eigenvalue weighted by Crippen LogP contribution is 2.18. The Kier molecular flexibility index (Phi) is 48.5. The molecule has 0 radical (unpaired) electrons. The number of hydrogen-bond donors (Lipinski definition) is 3. The zero-order chi connectivity index (χ0) is 44.5. The topological polar surface area (TPSA) is 95.9 Å². The Labute approximate surface area is 380 Å². The summed E-state index contributed by atoms with van der Waals surface area (Å²) in [6.07, 6.45) is 55.7. The number of nitrogens with one attached hydrogen (secondary N) is 1. The monoisotopic (exact) mass is 862 g/mol. The Morgan fingerprint density at radius 1 is 0.459 bits per heavy atom. The molecular formula is C55H107NO5. The van der Waals surface area contributed by atoms with E-state index < -0.39 is 18.2 Å². The molecule has 0 fully saturated rings. The first-order valence-corrected chi connectivity index (χ1v) is 27.4. The summed E-state index contributed by atoms with van der Waals surface area (Å²) in [6.45, 7) is 6.49. The third-order valence-electron chi connectivity index (χ3n) is 12.8. The number of carbonyl (C=O) groups is 2. The molecule has 6 nitrogen and oxygen atoms in total. The van der Waals surface area contributed by atoms with Gasteiger partial charge in [-0.2, -0.15) is 0 Å². The predicted octanol–water partition coefficient (Wildman–Crippen LogP) is 16.5. The fourth-order valence-electron chi connectivity index (χ4n) is 8.66. The molecule has 0 bridgehead atoms. The number of unbranched alkanes of at least 4 members (excludes halogenated alkanes) is 36. The molecule has 0 rings (SSSR count). The first kappa shape index (κ1) is 59.6. The first-order chi connectivity index (χ1) is 30.0. The number of hydrogen-bond acceptors (Lipinski definition) is 5. The van der Waals surface area contributed by atoms with Crippen LogP contribution < -0.4 is 5.32 Å². The highest BCUT2D eigenvalue weighted by molar-refractivity contribution is 5.77. The van der Waals surface area contributed by atoms with Crippen molar-refractivity contribution in [2.75, 3.05) is 6.61 Å². The number of allylic oxidation sites excluding steroid dienone is 2. The van der Waals surface area contributed by atoms with Gasteiger partial charge in [-0.1, -0.05) is 251 Å². The number of esters is 1. The molecule has 0 aromatic rings. The Morgan fingerprint density at radius 3 is 1.20 bits per heavy atom. The lowest BCUT2D eigenvalue weighted by molar-refractivity contribution is -0.151. The molecule has 0 aromatic carbocycles. The van der Waals surface area contributed by atoms with Gasteiger partial charge in [-0.15, -0.1) is 0 Å². The Bertz CT molecular complexity index is 924. The zero-order valence-corrected chi connectivity index (χ0v) is 41.3. The lowest BCUT2D eigenvalue weighted by Gasteiger charge is -2.24. The average Bonchev–Trinajstić information content (AvgIpc) is 3.25. The molecule has 1 amide bonds. The van der Waals surface area contributed by atoms with Crippen LogP contribution in [0.25, 0.3) is 0 Å². The second-order valence-electron chi connectivity index (χ2n) is 19.0. The number of aliphatic hydroxyl groups excluding tert-OH is 2. The van der Waals surface area contributed by atoms with Crippen molar-refractivity contribution in [1.82, 2.24) is 5.32 Å². The van der Waals surface area contributed by atoms with Crippen LogP contribution >= 0.6 is 0 Å². The van der Waals surface area contributed by atoms with E-state index in [-0.39, 0.29) is 24.9 Å². The Hall–Kier alpha value is -1.40. The summed E-state index contributed by atoms with van der Waals surface area (Å²) in [5.74, 6) is -0.471. The van der Waals surface area contributed by atoms with Gasteiger partial charge in [0.25, 0.3) is 0 Å². The van der Waals surface area contributed by atoms with Gasteiger partial charge in [0.1, 0.15) is 6.10 Å². The molecule has 3 N–H and O–H groups in total. The van der Waals surface area contributed by atoms with Crippen LogP contribution in [0.2, 0.25) is 0 Å². The highest BCUT2D eigenvalue weighted by Gasteiger charge is 2.24. The summed E-state index contributed by atoms with van der Waals surface area (Å²) in [4.78, 5) is 26.1. The fourth-order valence-corrected chi connectivity index (χ4v) is 8.66. The summed E-state index contributed by atoms with van der Waals surface area (Å²) in [7, 11) is 0. The van der Waals surface area contributed by atoms with E-state index in [1.54, 1.807) is 0 Å². The maximum absolute atomic E-state index is 13.2. The minimum atomic E-state index is -0.785. The third kappa shape index (κ3) is 45.0. The second-order valence-corrected chi connectivity index (χ2v) is 19.0. The average molecular weight is 862 g/mol. The van der Waals surface area contributed by atoms with Crippen LogP contribution in [0.3, 0.4) is 0 Å². The number of aliphatic hydroxyl groups is 2. The van der Waals surface area contributed by atoms with Gasteiger partial charge in [0, 0.05) is 6.42 Å². The molecule has 6 heteroatoms. The largest absolute Gasteiger partial charge is 0.462 e. The van der Waals surface area contributed by atoms with Crippen molar-refractivity contribution in [2.45, 2.75) is 322 Å². The van der Waals surface area contributed by atoms with Crippen molar-refractivity contribution < 1.29 is 24.5 Å². The number of rotatable bonds is 50. The number of ether oxygens (including phenoxy) is 1. The van der Waals surface area contributed by atoms with Gasteiger partial charge < -0.3 is 20.3 Å². The maximum atomic E-state index is 13.2. The summed E-state index contributed by atoms with van der Waals surface area (Å²) < 4.78 is 5.93. The van der Waals surface area contributed by atoms with Crippen LogP contribution in [-0.2, 0) is 14.3 Å². The van der Waals surface area contributed by atoms with E-state index in [1.165, 1.54) is 193 Å². The summed E-state index contributed by atoms with van der Waals surface area (Å²) in [5, 5.41) is 23.8. The zero-order valence-electron chi connectivity index (χ0n) is 41.3. The van der Waals surface area contributed by atoms with Crippen molar-refractivity contribution in [1.29, 1.82) is 0 Å². The van der Waals surface area contributed by atoms with Crippen LogP contribution in [0, 0.1) is 0 Å². The van der Waals surface area contributed by atoms with Crippen molar-refractivity contribution in [2.24, 2.45) is 0 Å². The van der Waals surface area contributed by atoms with Crippen LogP contribution in [-0.4, -0.2) is 46.9 Å². The molecular weight excluding hydrogens is 755 g/mol. The van der Waals surface area contributed by atoms with Gasteiger partial charge in [0.2, 0.25) is 5.91 Å². The lowest BCUT2D eigenvalue weighted by atomic mass is 10.0. The number of carbonyl (C=O) groups excluding carboxylic acids is 2. The predicted molar refractivity (Wildman–Crippen MR) is 264 cm³/mol. The quantitative estimate of drug-likeness (QED) is 0.0322. The van der Waals surface area contributed by atoms with Crippen LogP contribution in [0.1, 0.15) is 303 Å². The molecule has 3 atom stereocenters. The number of amides is 1. The SMILES string of the molecule is CCCCC/C=C\CCCCCC(CC(=O)NC(CO)C(O)CCCCCCCCCCCCCCCCC)OC(=O)CCCCCCCCCCCCCCCCCCC. The minimum Gasteiger partial charge on any atom is -0.462 e. The molecule has 0 aliphatic carbocycles. The normalized spacial score (nSPS) is 13.2. The maximum Gasteiger partial charge on any atom is 0.306 e. The van der Waals surface area contributed by atoms with Crippen molar-refractivity contribution in [3.05, 3.63) is 12.2 Å². The second kappa shape index (κ2) is 49.6. The van der Waals surface area contributed by atoms with Crippen molar-refractivity contribution >= 4 is 11.9 Å². The summed E-state index contributed by atoms with van der Waals surface area (Å²) >= 11 is 0. The molecule has 0 saturated carbocycles. The van der Waals surface area contributed by atoms with E-state index in [4.69, 9.17) is 4.74 Å². The highest BCUT2D eigenvalue weighted by atomic mass is 16.5. The summed E-state index contributed by atoms with van der Waals surface area (Å²) in [6, 6.07) is -0.700. The van der Waals surface area contributed by atoms with Gasteiger partial charge in [0.05, 0.1) is 25.2 Å². The van der Waals surface area contributed by atoms with Crippen LogP contribution in [0.4, 0.5) is 0 Å². The van der Waals surface area contributed by atoms with Gasteiger partial charge in [-0.25, -0.2) is 0 Å². The van der Waals surface area contributed by atoms with Gasteiger partial charge in [-0.05, 0) is 51.4 Å². The standard InChI is InChI=1S/C55H107NO5/c1-4-7-10-13-16-19-22-24-26-27-29-31-33-36-39-42-45-48-55(60)61-51(46-43-40-37-34-21-18-15-12-9-6-3)49-54(59)56-52(50-57)53(58)47-44-41-38-35-32-30-28-25-23-20-17-14-11-8-5-2/h18,21,51-53,57-58H,4-17,19-20,22-50H2,1-3H3,(H,56,59)/b21-18-. The van der Waals surface area contributed by atoms with E-state index in [0.29, 0.717) is 19.3 Å². The Morgan fingerprint density at radius 2 is 0.787 bits per heavy atom. The van der Waals surface area contributed by atoms with Crippen LogP contribution in [0.15, 0.2) is 12.2 Å². The molecule has 0 saturated heterocycles. The fraction of sp³-hybridized carbons (Fsp3) is 0.927. The molecule has 0 aliphatic rings.